The molecule has 0 saturated heterocycles. The zero-order chi connectivity index (χ0) is 13.8. The molecule has 2 aromatic heterocycles. The zero-order valence-corrected chi connectivity index (χ0v) is 11.7. The van der Waals surface area contributed by atoms with Crippen LogP contribution < -0.4 is 5.32 Å². The zero-order valence-electron chi connectivity index (χ0n) is 10.1. The molecule has 0 unspecified atom stereocenters. The molecular formula is C11H11ClN4O2S. The summed E-state index contributed by atoms with van der Waals surface area (Å²) in [5.74, 6) is 0.185. The monoisotopic (exact) mass is 298 g/mol. The third-order valence-corrected chi connectivity index (χ3v) is 3.41. The fourth-order valence-corrected chi connectivity index (χ4v) is 2.33. The highest BCUT2D eigenvalue weighted by atomic mass is 35.5. The highest BCUT2D eigenvalue weighted by Crippen LogP contribution is 2.23. The number of hydrogen-bond acceptors (Lipinski definition) is 6. The van der Waals surface area contributed by atoms with Gasteiger partial charge in [0, 0.05) is 24.4 Å². The molecule has 1 N–H and O–H groups in total. The van der Waals surface area contributed by atoms with Gasteiger partial charge in [-0.05, 0) is 13.0 Å². The molecule has 8 heteroatoms. The smallest absolute Gasteiger partial charge is 0.311 e. The molecule has 2 heterocycles. The Hall–Kier alpha value is -1.73. The van der Waals surface area contributed by atoms with Gasteiger partial charge in [0.2, 0.25) is 5.82 Å². The minimum Gasteiger partial charge on any atom is -0.364 e. The summed E-state index contributed by atoms with van der Waals surface area (Å²) in [5, 5.41) is 17.0. The Morgan fingerprint density at radius 2 is 2.26 bits per heavy atom. The summed E-state index contributed by atoms with van der Waals surface area (Å²) in [6, 6.07) is 2.74. The minimum absolute atomic E-state index is 0.0844. The average molecular weight is 299 g/mol. The molecule has 6 nitrogen and oxygen atoms in total. The summed E-state index contributed by atoms with van der Waals surface area (Å²) in [7, 11) is 0. The van der Waals surface area contributed by atoms with Gasteiger partial charge in [0.15, 0.2) is 0 Å². The van der Waals surface area contributed by atoms with Crippen molar-refractivity contribution in [2.75, 3.05) is 11.9 Å². The first kappa shape index (κ1) is 13.7. The van der Waals surface area contributed by atoms with Gasteiger partial charge in [0.1, 0.15) is 5.15 Å². The fraction of sp³-hybridized carbons (Fsp3) is 0.273. The second-order valence-corrected chi connectivity index (χ2v) is 5.24. The predicted octanol–water partition coefficient (Wildman–Crippen LogP) is 3.06. The van der Waals surface area contributed by atoms with Crippen LogP contribution in [0.1, 0.15) is 10.7 Å². The first-order valence-electron chi connectivity index (χ1n) is 5.52. The van der Waals surface area contributed by atoms with E-state index >= 15 is 0 Å². The van der Waals surface area contributed by atoms with Crippen LogP contribution in [0.3, 0.4) is 0 Å². The van der Waals surface area contributed by atoms with E-state index in [9.17, 15) is 10.1 Å². The lowest BCUT2D eigenvalue weighted by Crippen LogP contribution is -2.08. The van der Waals surface area contributed by atoms with Crippen molar-refractivity contribution in [3.05, 3.63) is 43.5 Å². The van der Waals surface area contributed by atoms with Crippen molar-refractivity contribution in [2.45, 2.75) is 13.3 Å². The largest absolute Gasteiger partial charge is 0.364 e. The van der Waals surface area contributed by atoms with Crippen molar-refractivity contribution < 1.29 is 4.92 Å². The van der Waals surface area contributed by atoms with E-state index in [0.717, 1.165) is 10.7 Å². The van der Waals surface area contributed by atoms with E-state index in [0.29, 0.717) is 13.0 Å². The van der Waals surface area contributed by atoms with E-state index in [1.807, 2.05) is 12.3 Å². The number of nitrogens with zero attached hydrogens (tertiary/aromatic N) is 3. The third kappa shape index (κ3) is 3.62. The molecule has 0 bridgehead atoms. The van der Waals surface area contributed by atoms with E-state index in [2.05, 4.69) is 15.3 Å². The van der Waals surface area contributed by atoms with Crippen LogP contribution in [0.4, 0.5) is 11.5 Å². The Balaban J connectivity index is 2.02. The second kappa shape index (κ2) is 5.94. The van der Waals surface area contributed by atoms with Crippen LogP contribution in [-0.4, -0.2) is 21.4 Å². The quantitative estimate of drug-likeness (QED) is 0.521. The predicted molar refractivity (Wildman–Crippen MR) is 74.9 cm³/mol. The summed E-state index contributed by atoms with van der Waals surface area (Å²) >= 11 is 7.31. The molecule has 0 fully saturated rings. The maximum absolute atomic E-state index is 10.8. The molecule has 0 aliphatic heterocycles. The Morgan fingerprint density at radius 1 is 1.47 bits per heavy atom. The molecular weight excluding hydrogens is 288 g/mol. The number of aromatic nitrogens is 2. The van der Waals surface area contributed by atoms with Crippen LogP contribution in [0.5, 0.6) is 0 Å². The van der Waals surface area contributed by atoms with Gasteiger partial charge in [-0.2, -0.15) is 0 Å². The van der Waals surface area contributed by atoms with Crippen molar-refractivity contribution >= 4 is 34.4 Å². The molecule has 0 atom stereocenters. The molecule has 0 aromatic carbocycles. The van der Waals surface area contributed by atoms with Gasteiger partial charge in [-0.15, -0.1) is 11.3 Å². The first-order chi connectivity index (χ1) is 9.06. The molecule has 2 aromatic rings. The van der Waals surface area contributed by atoms with E-state index in [-0.39, 0.29) is 16.7 Å². The normalized spacial score (nSPS) is 10.4. The van der Waals surface area contributed by atoms with Gasteiger partial charge in [0.25, 0.3) is 0 Å². The SMILES string of the molecule is Cc1nc(CCNc2nc(Cl)ccc2[N+](=O)[O-])cs1. The topological polar surface area (TPSA) is 81.0 Å². The first-order valence-corrected chi connectivity index (χ1v) is 6.78. The average Bonchev–Trinajstić information content (AvgIpc) is 2.75. The van der Waals surface area contributed by atoms with E-state index in [4.69, 9.17) is 11.6 Å². The van der Waals surface area contributed by atoms with Crippen molar-refractivity contribution in [3.63, 3.8) is 0 Å². The lowest BCUT2D eigenvalue weighted by molar-refractivity contribution is -0.384. The summed E-state index contributed by atoms with van der Waals surface area (Å²) in [6.45, 7) is 2.45. The Morgan fingerprint density at radius 3 is 2.89 bits per heavy atom. The van der Waals surface area contributed by atoms with Crippen LogP contribution in [0.2, 0.25) is 5.15 Å². The van der Waals surface area contributed by atoms with Gasteiger partial charge < -0.3 is 5.32 Å². The molecule has 0 saturated carbocycles. The Labute approximate surface area is 118 Å². The summed E-state index contributed by atoms with van der Waals surface area (Å²) in [6.07, 6.45) is 0.676. The van der Waals surface area contributed by atoms with Gasteiger partial charge in [-0.3, -0.25) is 10.1 Å². The number of nitrogens with one attached hydrogen (secondary N) is 1. The second-order valence-electron chi connectivity index (χ2n) is 3.79. The molecule has 0 aliphatic rings. The summed E-state index contributed by atoms with van der Waals surface area (Å²) in [4.78, 5) is 18.6. The summed E-state index contributed by atoms with van der Waals surface area (Å²) in [5.41, 5.74) is 0.874. The Bertz CT molecular complexity index is 602. The third-order valence-electron chi connectivity index (χ3n) is 2.38. The van der Waals surface area contributed by atoms with Crippen LogP contribution in [0, 0.1) is 17.0 Å². The number of anilines is 1. The number of rotatable bonds is 5. The van der Waals surface area contributed by atoms with Gasteiger partial charge in [0.05, 0.1) is 15.6 Å². The van der Waals surface area contributed by atoms with Crippen LogP contribution in [-0.2, 0) is 6.42 Å². The highest BCUT2D eigenvalue weighted by molar-refractivity contribution is 7.09. The lowest BCUT2D eigenvalue weighted by atomic mass is 10.3. The van der Waals surface area contributed by atoms with E-state index in [1.54, 1.807) is 11.3 Å². The standard InChI is InChI=1S/C11H11ClN4O2S/c1-7-14-8(6-19-7)4-5-13-11-9(16(17)18)2-3-10(12)15-11/h2-3,6H,4-5H2,1H3,(H,13,15). The molecule has 0 radical (unpaired) electrons. The van der Waals surface area contributed by atoms with Gasteiger partial charge in [-0.25, -0.2) is 9.97 Å². The fourth-order valence-electron chi connectivity index (χ4n) is 1.54. The van der Waals surface area contributed by atoms with Crippen LogP contribution in [0.25, 0.3) is 0 Å². The molecule has 0 spiro atoms. The van der Waals surface area contributed by atoms with Crippen molar-refractivity contribution in [3.8, 4) is 0 Å². The lowest BCUT2D eigenvalue weighted by Gasteiger charge is -2.05. The number of nitro groups is 1. The number of pyridine rings is 1. The minimum atomic E-state index is -0.487. The summed E-state index contributed by atoms with van der Waals surface area (Å²) < 4.78 is 0. The molecule has 0 amide bonds. The maximum Gasteiger partial charge on any atom is 0.311 e. The van der Waals surface area contributed by atoms with E-state index < -0.39 is 4.92 Å². The van der Waals surface area contributed by atoms with E-state index in [1.165, 1.54) is 12.1 Å². The number of thiazole rings is 1. The maximum atomic E-state index is 10.8. The Kier molecular flexibility index (Phi) is 4.28. The van der Waals surface area contributed by atoms with Crippen molar-refractivity contribution in [1.82, 2.24) is 9.97 Å². The molecule has 2 rings (SSSR count). The number of halogens is 1. The molecule has 0 aliphatic carbocycles. The van der Waals surface area contributed by atoms with Gasteiger partial charge >= 0.3 is 5.69 Å². The molecule has 19 heavy (non-hydrogen) atoms. The number of aryl methyl sites for hydroxylation is 1. The van der Waals surface area contributed by atoms with Crippen LogP contribution >= 0.6 is 22.9 Å². The molecule has 100 valence electrons. The van der Waals surface area contributed by atoms with Crippen LogP contribution in [0.15, 0.2) is 17.5 Å². The number of hydrogen-bond donors (Lipinski definition) is 1. The van der Waals surface area contributed by atoms with Crippen molar-refractivity contribution in [2.24, 2.45) is 0 Å². The highest BCUT2D eigenvalue weighted by Gasteiger charge is 2.15. The van der Waals surface area contributed by atoms with Crippen molar-refractivity contribution in [1.29, 1.82) is 0 Å². The van der Waals surface area contributed by atoms with Gasteiger partial charge in [-0.1, -0.05) is 11.6 Å².